The van der Waals surface area contributed by atoms with Crippen molar-refractivity contribution in [3.63, 3.8) is 0 Å². The molecule has 1 aliphatic rings. The quantitative estimate of drug-likeness (QED) is 0.828. The first-order valence-electron chi connectivity index (χ1n) is 8.22. The second kappa shape index (κ2) is 10.4. The van der Waals surface area contributed by atoms with Crippen molar-refractivity contribution in [2.24, 2.45) is 5.92 Å². The highest BCUT2D eigenvalue weighted by molar-refractivity contribution is 5.85. The number of piperidine rings is 1. The summed E-state index contributed by atoms with van der Waals surface area (Å²) >= 11 is 0. The molecule has 2 N–H and O–H groups in total. The minimum Gasteiger partial charge on any atom is -0.441 e. The van der Waals surface area contributed by atoms with Crippen LogP contribution < -0.4 is 10.6 Å². The predicted molar refractivity (Wildman–Crippen MR) is 103 cm³/mol. The van der Waals surface area contributed by atoms with Crippen molar-refractivity contribution in [1.82, 2.24) is 15.6 Å². The van der Waals surface area contributed by atoms with Crippen LogP contribution in [0.4, 0.5) is 0 Å². The Kier molecular flexibility index (Phi) is 8.97. The lowest BCUT2D eigenvalue weighted by atomic mass is 9.95. The van der Waals surface area contributed by atoms with E-state index >= 15 is 0 Å². The summed E-state index contributed by atoms with van der Waals surface area (Å²) in [6.45, 7) is 4.10. The van der Waals surface area contributed by atoms with Crippen molar-refractivity contribution in [3.8, 4) is 11.3 Å². The molecule has 0 saturated carbocycles. The fourth-order valence-corrected chi connectivity index (χ4v) is 2.89. The lowest BCUT2D eigenvalue weighted by Gasteiger charge is -2.30. The molecule has 2 heterocycles. The largest absolute Gasteiger partial charge is 0.441 e. The Labute approximate surface area is 160 Å². The molecule has 7 heteroatoms. The number of aryl methyl sites for hydroxylation is 1. The van der Waals surface area contributed by atoms with Crippen LogP contribution in [-0.2, 0) is 11.2 Å². The van der Waals surface area contributed by atoms with E-state index in [1.54, 1.807) is 6.20 Å². The van der Waals surface area contributed by atoms with Crippen molar-refractivity contribution in [1.29, 1.82) is 0 Å². The highest BCUT2D eigenvalue weighted by Crippen LogP contribution is 2.20. The van der Waals surface area contributed by atoms with E-state index in [1.807, 2.05) is 30.3 Å². The van der Waals surface area contributed by atoms with Crippen LogP contribution in [0.5, 0.6) is 0 Å². The van der Waals surface area contributed by atoms with Crippen molar-refractivity contribution < 1.29 is 9.21 Å². The summed E-state index contributed by atoms with van der Waals surface area (Å²) in [6.07, 6.45) is 3.64. The standard InChI is InChI=1S/C18H23N3O2.2ClH/c1-13-11-19-10-9-15(13)21-17(22)7-8-18-20-12-16(23-18)14-5-3-2-4-6-14;;/h2-6,12-13,15,19H,7-11H2,1H3,(H,21,22);2*1H. The number of halogens is 2. The van der Waals surface area contributed by atoms with Crippen LogP contribution in [-0.4, -0.2) is 30.0 Å². The molecule has 25 heavy (non-hydrogen) atoms. The Hall–Kier alpha value is -1.56. The Morgan fingerprint density at radius 2 is 2.08 bits per heavy atom. The van der Waals surface area contributed by atoms with Crippen LogP contribution in [0.3, 0.4) is 0 Å². The van der Waals surface area contributed by atoms with Gasteiger partial charge in [0.25, 0.3) is 0 Å². The summed E-state index contributed by atoms with van der Waals surface area (Å²) in [4.78, 5) is 16.4. The third-order valence-electron chi connectivity index (χ3n) is 4.31. The minimum atomic E-state index is 0. The van der Waals surface area contributed by atoms with Crippen LogP contribution in [0.2, 0.25) is 0 Å². The Morgan fingerprint density at radius 3 is 2.80 bits per heavy atom. The van der Waals surface area contributed by atoms with Crippen molar-refractivity contribution >= 4 is 30.7 Å². The summed E-state index contributed by atoms with van der Waals surface area (Å²) in [5.41, 5.74) is 0.999. The number of benzene rings is 1. The Bertz CT molecular complexity index is 649. The molecule has 0 bridgehead atoms. The molecule has 5 nitrogen and oxygen atoms in total. The van der Waals surface area contributed by atoms with Crippen LogP contribution in [0.15, 0.2) is 40.9 Å². The van der Waals surface area contributed by atoms with Crippen LogP contribution in [0.1, 0.15) is 25.7 Å². The molecular weight excluding hydrogens is 361 g/mol. The molecule has 0 aliphatic carbocycles. The topological polar surface area (TPSA) is 67.2 Å². The average molecular weight is 386 g/mol. The fourth-order valence-electron chi connectivity index (χ4n) is 2.89. The zero-order chi connectivity index (χ0) is 16.1. The minimum absolute atomic E-state index is 0. The SMILES string of the molecule is CC1CNCCC1NC(=O)CCc1ncc(-c2ccccc2)o1.Cl.Cl. The normalized spacial score (nSPS) is 19.4. The van der Waals surface area contributed by atoms with Crippen LogP contribution >= 0.6 is 24.8 Å². The van der Waals surface area contributed by atoms with Gasteiger partial charge in [0, 0.05) is 24.4 Å². The van der Waals surface area contributed by atoms with Crippen molar-refractivity contribution in [3.05, 3.63) is 42.4 Å². The molecule has 2 unspecified atom stereocenters. The van der Waals surface area contributed by atoms with Crippen LogP contribution in [0.25, 0.3) is 11.3 Å². The number of hydrogen-bond acceptors (Lipinski definition) is 4. The van der Waals surface area contributed by atoms with Gasteiger partial charge in [0.05, 0.1) is 6.20 Å². The maximum Gasteiger partial charge on any atom is 0.220 e. The molecule has 1 amide bonds. The number of hydrogen-bond donors (Lipinski definition) is 2. The van der Waals surface area contributed by atoms with Crippen LogP contribution in [0, 0.1) is 5.92 Å². The first kappa shape index (κ1) is 21.5. The number of nitrogens with one attached hydrogen (secondary N) is 2. The van der Waals surface area contributed by atoms with Gasteiger partial charge in [-0.1, -0.05) is 37.3 Å². The number of nitrogens with zero attached hydrogens (tertiary/aromatic N) is 1. The molecule has 2 aromatic rings. The molecule has 1 fully saturated rings. The molecule has 1 saturated heterocycles. The van der Waals surface area contributed by atoms with Gasteiger partial charge in [-0.25, -0.2) is 4.98 Å². The first-order valence-corrected chi connectivity index (χ1v) is 8.22. The van der Waals surface area contributed by atoms with E-state index in [0.717, 1.165) is 30.8 Å². The maximum absolute atomic E-state index is 12.1. The zero-order valence-electron chi connectivity index (χ0n) is 14.2. The van der Waals surface area contributed by atoms with Gasteiger partial charge in [0.1, 0.15) is 0 Å². The summed E-state index contributed by atoms with van der Waals surface area (Å²) in [5, 5.41) is 6.47. The highest BCUT2D eigenvalue weighted by atomic mass is 35.5. The van der Waals surface area contributed by atoms with E-state index in [4.69, 9.17) is 4.42 Å². The Balaban J connectivity index is 0.00000156. The van der Waals surface area contributed by atoms with Crippen molar-refractivity contribution in [2.45, 2.75) is 32.2 Å². The summed E-state index contributed by atoms with van der Waals surface area (Å²) in [6, 6.07) is 10.1. The highest BCUT2D eigenvalue weighted by Gasteiger charge is 2.22. The maximum atomic E-state index is 12.1. The molecule has 1 aliphatic heterocycles. The number of carbonyl (C=O) groups excluding carboxylic acids is 1. The summed E-state index contributed by atoms with van der Waals surface area (Å²) in [7, 11) is 0. The third kappa shape index (κ3) is 6.03. The van der Waals surface area contributed by atoms with Gasteiger partial charge in [-0.05, 0) is 25.4 Å². The van der Waals surface area contributed by atoms with Gasteiger partial charge in [0.15, 0.2) is 11.7 Å². The monoisotopic (exact) mass is 385 g/mol. The van der Waals surface area contributed by atoms with E-state index < -0.39 is 0 Å². The summed E-state index contributed by atoms with van der Waals surface area (Å²) < 4.78 is 5.73. The molecule has 1 aromatic heterocycles. The predicted octanol–water partition coefficient (Wildman–Crippen LogP) is 3.23. The van der Waals surface area contributed by atoms with E-state index in [-0.39, 0.29) is 36.8 Å². The fraction of sp³-hybridized carbons (Fsp3) is 0.444. The summed E-state index contributed by atoms with van der Waals surface area (Å²) in [5.74, 6) is 1.90. The zero-order valence-corrected chi connectivity index (χ0v) is 15.9. The molecule has 0 spiro atoms. The van der Waals surface area contributed by atoms with E-state index in [1.165, 1.54) is 0 Å². The Morgan fingerprint density at radius 1 is 1.32 bits per heavy atom. The number of amides is 1. The number of oxazole rings is 1. The van der Waals surface area contributed by atoms with Gasteiger partial charge in [0.2, 0.25) is 5.91 Å². The lowest BCUT2D eigenvalue weighted by molar-refractivity contribution is -0.122. The third-order valence-corrected chi connectivity index (χ3v) is 4.31. The second-order valence-electron chi connectivity index (χ2n) is 6.13. The second-order valence-corrected chi connectivity index (χ2v) is 6.13. The molecule has 3 rings (SSSR count). The van der Waals surface area contributed by atoms with E-state index in [9.17, 15) is 4.79 Å². The van der Waals surface area contributed by atoms with E-state index in [0.29, 0.717) is 24.7 Å². The number of rotatable bonds is 5. The van der Waals surface area contributed by atoms with Gasteiger partial charge in [-0.15, -0.1) is 24.8 Å². The van der Waals surface area contributed by atoms with Gasteiger partial charge >= 0.3 is 0 Å². The molecule has 0 radical (unpaired) electrons. The molecule has 138 valence electrons. The lowest BCUT2D eigenvalue weighted by Crippen LogP contribution is -2.48. The molecule has 1 aromatic carbocycles. The number of carbonyl (C=O) groups is 1. The molecule has 2 atom stereocenters. The first-order chi connectivity index (χ1) is 11.2. The van der Waals surface area contributed by atoms with Gasteiger partial charge < -0.3 is 15.1 Å². The van der Waals surface area contributed by atoms with Gasteiger partial charge in [-0.2, -0.15) is 0 Å². The van der Waals surface area contributed by atoms with Gasteiger partial charge in [-0.3, -0.25) is 4.79 Å². The van der Waals surface area contributed by atoms with Crippen molar-refractivity contribution in [2.75, 3.05) is 13.1 Å². The average Bonchev–Trinajstić information content (AvgIpc) is 3.05. The number of aromatic nitrogens is 1. The van der Waals surface area contributed by atoms with E-state index in [2.05, 4.69) is 22.5 Å². The smallest absolute Gasteiger partial charge is 0.220 e. The molecular formula is C18H25Cl2N3O2.